The maximum absolute atomic E-state index is 12.5. The van der Waals surface area contributed by atoms with Crippen LogP contribution in [0.1, 0.15) is 73.3 Å². The first kappa shape index (κ1) is 39.2. The lowest BCUT2D eigenvalue weighted by Crippen LogP contribution is -2.51. The number of hydrogen-bond acceptors (Lipinski definition) is 8. The van der Waals surface area contributed by atoms with Crippen molar-refractivity contribution in [3.05, 3.63) is 29.8 Å². The third-order valence-corrected chi connectivity index (χ3v) is 4.79. The minimum absolute atomic E-state index is 0.0330. The predicted molar refractivity (Wildman–Crippen MR) is 160 cm³/mol. The maximum atomic E-state index is 12.5. The van der Waals surface area contributed by atoms with Crippen LogP contribution < -0.4 is 27.4 Å². The summed E-state index contributed by atoms with van der Waals surface area (Å²) in [7, 11) is 4.91. The monoisotopic (exact) mass is 563 g/mol. The lowest BCUT2D eigenvalue weighted by atomic mass is 10.0. The fourth-order valence-corrected chi connectivity index (χ4v) is 2.90. The topological polar surface area (TPSA) is 175 Å². The van der Waals surface area contributed by atoms with E-state index in [-0.39, 0.29) is 37.5 Å². The number of amides is 3. The van der Waals surface area contributed by atoms with Crippen molar-refractivity contribution in [2.24, 2.45) is 17.4 Å². The van der Waals surface area contributed by atoms with Gasteiger partial charge in [-0.25, -0.2) is 0 Å². The van der Waals surface area contributed by atoms with Gasteiger partial charge in [-0.1, -0.05) is 53.2 Å². The Morgan fingerprint density at radius 2 is 1.55 bits per heavy atom. The first-order valence-corrected chi connectivity index (χ1v) is 13.7. The second-order valence-corrected chi connectivity index (χ2v) is 9.72. The van der Waals surface area contributed by atoms with Gasteiger partial charge in [0.2, 0.25) is 31.4 Å². The van der Waals surface area contributed by atoms with Crippen LogP contribution in [0.3, 0.4) is 0 Å². The van der Waals surface area contributed by atoms with Gasteiger partial charge in [-0.2, -0.15) is 0 Å². The summed E-state index contributed by atoms with van der Waals surface area (Å²) in [6.45, 7) is 14.4. The number of anilines is 1. The van der Waals surface area contributed by atoms with Gasteiger partial charge in [-0.15, -0.1) is 0 Å². The van der Waals surface area contributed by atoms with E-state index in [0.717, 1.165) is 6.54 Å². The summed E-state index contributed by atoms with van der Waals surface area (Å²) < 4.78 is 10.0. The van der Waals surface area contributed by atoms with Gasteiger partial charge >= 0.3 is 0 Å². The first-order valence-electron chi connectivity index (χ1n) is 13.7. The molecule has 0 fully saturated rings. The molecule has 0 aliphatic heterocycles. The molecule has 0 spiro atoms. The molecule has 2 unspecified atom stereocenters. The van der Waals surface area contributed by atoms with Crippen LogP contribution in [0.4, 0.5) is 10.5 Å². The van der Waals surface area contributed by atoms with Crippen molar-refractivity contribution < 1.29 is 28.7 Å². The summed E-state index contributed by atoms with van der Waals surface area (Å²) in [6.07, 6.45) is 2.28. The zero-order chi connectivity index (χ0) is 31.1. The van der Waals surface area contributed by atoms with Crippen LogP contribution in [0, 0.1) is 5.92 Å². The number of carbonyl (C=O) groups excluding carboxylic acids is 4. The molecular formula is C28H50BN5O6. The van der Waals surface area contributed by atoms with E-state index in [0.29, 0.717) is 23.9 Å². The molecule has 40 heavy (non-hydrogen) atoms. The highest BCUT2D eigenvalue weighted by molar-refractivity contribution is 6.55. The Labute approximate surface area is 241 Å². The van der Waals surface area contributed by atoms with Crippen LogP contribution in [-0.2, 0) is 30.5 Å². The number of hydrogen-bond donors (Lipinski definition) is 5. The van der Waals surface area contributed by atoms with E-state index in [9.17, 15) is 19.2 Å². The van der Waals surface area contributed by atoms with Gasteiger partial charge in [0.05, 0.1) is 19.1 Å². The van der Waals surface area contributed by atoms with E-state index in [4.69, 9.17) is 24.1 Å². The molecule has 0 saturated carbocycles. The van der Waals surface area contributed by atoms with Crippen molar-refractivity contribution >= 4 is 37.1 Å². The van der Waals surface area contributed by atoms with Crippen LogP contribution in [0.25, 0.3) is 0 Å². The molecule has 0 heterocycles. The maximum Gasteiger partial charge on any atom is 0.243 e. The molecule has 0 aliphatic carbocycles. The van der Waals surface area contributed by atoms with Gasteiger partial charge in [-0.05, 0) is 56.5 Å². The van der Waals surface area contributed by atoms with Crippen molar-refractivity contribution in [1.82, 2.24) is 10.6 Å². The third-order valence-electron chi connectivity index (χ3n) is 4.79. The SMILES string of the molecule is CC(C)N.CCCCN.[B]C(=O)OCc1ccc(NC(=O)CNC(=O)C(NC(=O)CC(C)OCC)C(C)C)cc1. The molecular weight excluding hydrogens is 513 g/mol. The van der Waals surface area contributed by atoms with Gasteiger partial charge in [0.15, 0.2) is 0 Å². The van der Waals surface area contributed by atoms with E-state index in [2.05, 4.69) is 27.6 Å². The molecule has 11 nitrogen and oxygen atoms in total. The Bertz CT molecular complexity index is 847. The Kier molecular flexibility index (Phi) is 23.4. The summed E-state index contributed by atoms with van der Waals surface area (Å²) in [5.41, 5.74) is 11.5. The van der Waals surface area contributed by atoms with Gasteiger partial charge in [0.25, 0.3) is 0 Å². The summed E-state index contributed by atoms with van der Waals surface area (Å²) >= 11 is 0. The van der Waals surface area contributed by atoms with Crippen LogP contribution >= 0.6 is 0 Å². The average molecular weight is 564 g/mol. The second-order valence-electron chi connectivity index (χ2n) is 9.72. The van der Waals surface area contributed by atoms with Crippen LogP contribution in [-0.4, -0.2) is 69.3 Å². The minimum atomic E-state index is -0.868. The molecule has 2 atom stereocenters. The molecule has 7 N–H and O–H groups in total. The molecule has 226 valence electrons. The summed E-state index contributed by atoms with van der Waals surface area (Å²) in [4.78, 5) is 47.4. The predicted octanol–water partition coefficient (Wildman–Crippen LogP) is 2.60. The van der Waals surface area contributed by atoms with E-state index >= 15 is 0 Å². The van der Waals surface area contributed by atoms with Gasteiger partial charge in [0.1, 0.15) is 12.6 Å². The zero-order valence-corrected chi connectivity index (χ0v) is 25.3. The van der Waals surface area contributed by atoms with Crippen molar-refractivity contribution in [2.45, 2.75) is 92.5 Å². The molecule has 0 aliphatic rings. The number of unbranched alkanes of at least 4 members (excludes halogenated alkanes) is 1. The van der Waals surface area contributed by atoms with Gasteiger partial charge < -0.3 is 36.9 Å². The van der Waals surface area contributed by atoms with Crippen LogP contribution in [0.15, 0.2) is 24.3 Å². The highest BCUT2D eigenvalue weighted by Gasteiger charge is 2.25. The summed E-state index contributed by atoms with van der Waals surface area (Å²) in [5.74, 6) is -2.19. The summed E-state index contributed by atoms with van der Waals surface area (Å²) in [5, 5.41) is 7.89. The van der Waals surface area contributed by atoms with Crippen molar-refractivity contribution in [3.8, 4) is 0 Å². The highest BCUT2D eigenvalue weighted by atomic mass is 16.5. The van der Waals surface area contributed by atoms with Crippen molar-refractivity contribution in [3.63, 3.8) is 0 Å². The van der Waals surface area contributed by atoms with E-state index in [1.807, 2.05) is 20.8 Å². The molecule has 0 bridgehead atoms. The fourth-order valence-electron chi connectivity index (χ4n) is 2.90. The number of carbonyl (C=O) groups is 4. The van der Waals surface area contributed by atoms with Gasteiger partial charge in [-0.3, -0.25) is 19.2 Å². The number of nitrogens with one attached hydrogen (secondary N) is 3. The molecule has 1 rings (SSSR count). The normalized spacial score (nSPS) is 11.7. The highest BCUT2D eigenvalue weighted by Crippen LogP contribution is 2.10. The largest absolute Gasteiger partial charge is 0.470 e. The first-order chi connectivity index (χ1) is 18.8. The Morgan fingerprint density at radius 1 is 0.975 bits per heavy atom. The van der Waals surface area contributed by atoms with E-state index < -0.39 is 23.7 Å². The Morgan fingerprint density at radius 3 is 1.98 bits per heavy atom. The molecule has 12 heteroatoms. The smallest absolute Gasteiger partial charge is 0.243 e. The number of nitrogens with two attached hydrogens (primary N) is 2. The average Bonchev–Trinajstić information content (AvgIpc) is 2.86. The Balaban J connectivity index is 0. The standard InChI is InChI=1S/C21H30BN3O6.C4H11N.C3H9N/c1-5-30-14(4)10-17(26)25-19(13(2)3)20(28)23-11-18(27)24-16-8-6-15(7-9-16)12-31-21(22)29;1-2-3-4-5;1-3(2)4/h6-9,13-14,19H,5,10-12H2,1-4H3,(H,23,28)(H,24,27)(H,25,26);2-5H2,1H3;3H,4H2,1-2H3. The zero-order valence-electron chi connectivity index (χ0n) is 25.3. The quantitative estimate of drug-likeness (QED) is 0.215. The number of ether oxygens (including phenoxy) is 2. The molecule has 0 aromatic heterocycles. The van der Waals surface area contributed by atoms with Crippen LogP contribution in [0.2, 0.25) is 0 Å². The fraction of sp³-hybridized carbons (Fsp3) is 0.643. The van der Waals surface area contributed by atoms with E-state index in [1.165, 1.54) is 12.8 Å². The summed E-state index contributed by atoms with van der Waals surface area (Å²) in [6, 6.07) is 6.18. The lowest BCUT2D eigenvalue weighted by Gasteiger charge is -2.22. The number of rotatable bonds is 14. The van der Waals surface area contributed by atoms with Crippen molar-refractivity contribution in [1.29, 1.82) is 0 Å². The molecule has 3 amide bonds. The molecule has 0 saturated heterocycles. The lowest BCUT2D eigenvalue weighted by molar-refractivity contribution is -0.131. The van der Waals surface area contributed by atoms with Gasteiger partial charge in [0, 0.05) is 12.3 Å². The van der Waals surface area contributed by atoms with Crippen LogP contribution in [0.5, 0.6) is 0 Å². The van der Waals surface area contributed by atoms with Crippen molar-refractivity contribution in [2.75, 3.05) is 25.0 Å². The van der Waals surface area contributed by atoms with E-state index in [1.54, 1.807) is 45.0 Å². The second kappa shape index (κ2) is 23.9. The molecule has 1 aromatic carbocycles. The molecule has 2 radical (unpaired) electrons. The molecule has 1 aromatic rings. The Hall–Kier alpha value is -2.96. The third kappa shape index (κ3) is 23.0. The number of benzene rings is 1. The minimum Gasteiger partial charge on any atom is -0.470 e.